The minimum Gasteiger partial charge on any atom is -0.456 e. The van der Waals surface area contributed by atoms with Gasteiger partial charge in [0, 0.05) is 27.5 Å². The van der Waals surface area contributed by atoms with E-state index >= 15 is 0 Å². The van der Waals surface area contributed by atoms with Crippen LogP contribution in [-0.4, -0.2) is 15.0 Å². The molecular formula is C56H42N4O. The normalized spacial score (nSPS) is 14.3. The first-order chi connectivity index (χ1) is 29.6. The van der Waals surface area contributed by atoms with Crippen LogP contribution in [0, 0.1) is 11.3 Å². The third-order valence-corrected chi connectivity index (χ3v) is 13.0. The van der Waals surface area contributed by atoms with Crippen molar-refractivity contribution >= 4 is 43.5 Å². The van der Waals surface area contributed by atoms with Gasteiger partial charge >= 0.3 is 0 Å². The van der Waals surface area contributed by atoms with Crippen molar-refractivity contribution in [2.75, 3.05) is 0 Å². The largest absolute Gasteiger partial charge is 0.456 e. The summed E-state index contributed by atoms with van der Waals surface area (Å²) in [6.07, 6.45) is 2.31. The summed E-state index contributed by atoms with van der Waals surface area (Å²) in [5, 5.41) is 15.9. The lowest BCUT2D eigenvalue weighted by Crippen LogP contribution is -2.33. The van der Waals surface area contributed by atoms with Crippen molar-refractivity contribution in [2.45, 2.75) is 51.4 Å². The van der Waals surface area contributed by atoms with Gasteiger partial charge in [0.05, 0.1) is 11.6 Å². The molecule has 0 atom stereocenters. The second-order valence-corrected chi connectivity index (χ2v) is 17.8. The van der Waals surface area contributed by atoms with Crippen LogP contribution in [0.2, 0.25) is 0 Å². The van der Waals surface area contributed by atoms with Crippen LogP contribution in [0.4, 0.5) is 0 Å². The molecule has 0 fully saturated rings. The number of para-hydroxylation sites is 1. The Hall–Kier alpha value is -7.42. The highest BCUT2D eigenvalue weighted by atomic mass is 16.3. The molecule has 2 heterocycles. The number of nitrogens with zero attached hydrogens (tertiary/aromatic N) is 4. The van der Waals surface area contributed by atoms with Gasteiger partial charge in [-0.2, -0.15) is 5.26 Å². The maximum atomic E-state index is 9.38. The number of rotatable bonds is 5. The lowest BCUT2D eigenvalue weighted by atomic mass is 9.63. The number of aromatic nitrogens is 3. The van der Waals surface area contributed by atoms with E-state index < -0.39 is 0 Å². The molecule has 11 rings (SSSR count). The quantitative estimate of drug-likeness (QED) is 0.162. The molecule has 0 spiro atoms. The van der Waals surface area contributed by atoms with Crippen molar-refractivity contribution in [2.24, 2.45) is 0 Å². The zero-order valence-electron chi connectivity index (χ0n) is 34.6. The summed E-state index contributed by atoms with van der Waals surface area (Å²) in [5.74, 6) is 1.78. The van der Waals surface area contributed by atoms with Crippen LogP contribution in [0.3, 0.4) is 0 Å². The van der Waals surface area contributed by atoms with Crippen LogP contribution in [0.15, 0.2) is 162 Å². The van der Waals surface area contributed by atoms with Crippen LogP contribution in [-0.2, 0) is 10.8 Å². The Morgan fingerprint density at radius 3 is 1.77 bits per heavy atom. The van der Waals surface area contributed by atoms with Gasteiger partial charge in [-0.15, -0.1) is 0 Å². The second-order valence-electron chi connectivity index (χ2n) is 17.8. The van der Waals surface area contributed by atoms with Gasteiger partial charge in [-0.1, -0.05) is 143 Å². The van der Waals surface area contributed by atoms with Crippen LogP contribution >= 0.6 is 0 Å². The molecule has 61 heavy (non-hydrogen) atoms. The zero-order chi connectivity index (χ0) is 41.5. The fraction of sp³-hybridized carbons (Fsp3) is 0.143. The van der Waals surface area contributed by atoms with E-state index in [1.54, 1.807) is 0 Å². The summed E-state index contributed by atoms with van der Waals surface area (Å²) < 4.78 is 6.65. The Balaban J connectivity index is 1.13. The molecule has 0 amide bonds. The summed E-state index contributed by atoms with van der Waals surface area (Å²) in [7, 11) is 0. The average Bonchev–Trinajstić information content (AvgIpc) is 3.68. The molecule has 292 valence electrons. The topological polar surface area (TPSA) is 75.6 Å². The van der Waals surface area contributed by atoms with Gasteiger partial charge in [0.15, 0.2) is 17.5 Å². The first-order valence-electron chi connectivity index (χ1n) is 21.0. The highest BCUT2D eigenvalue weighted by Gasteiger charge is 2.37. The van der Waals surface area contributed by atoms with E-state index in [2.05, 4.69) is 137 Å². The van der Waals surface area contributed by atoms with Crippen molar-refractivity contribution < 1.29 is 4.42 Å². The van der Waals surface area contributed by atoms with E-state index in [0.29, 0.717) is 23.0 Å². The van der Waals surface area contributed by atoms with Gasteiger partial charge < -0.3 is 4.42 Å². The standard InChI is InChI=1S/C56H42N4O/c1-55(2)26-27-56(3,4)48-31-40(24-25-47(48)55)42-30-46(51-43-12-8-9-13-49(43)61-50(51)32-42)54-59-52(38-10-6-5-7-11-38)58-53(60-54)41-23-21-37-19-18-36-20-22-39(28-44(36)45(37)29-41)35-16-14-34(33-57)15-17-35/h5-25,28-32H,26-27H2,1-4H3. The van der Waals surface area contributed by atoms with Crippen molar-refractivity contribution in [3.63, 3.8) is 0 Å². The van der Waals surface area contributed by atoms with E-state index in [-0.39, 0.29) is 10.8 Å². The van der Waals surface area contributed by atoms with Gasteiger partial charge in [-0.3, -0.25) is 0 Å². The molecule has 5 heteroatoms. The number of furan rings is 1. The zero-order valence-corrected chi connectivity index (χ0v) is 34.6. The molecule has 10 aromatic rings. The number of hydrogen-bond donors (Lipinski definition) is 0. The van der Waals surface area contributed by atoms with Crippen molar-refractivity contribution in [1.82, 2.24) is 15.0 Å². The van der Waals surface area contributed by atoms with Crippen molar-refractivity contribution in [3.8, 4) is 62.5 Å². The average molecular weight is 787 g/mol. The van der Waals surface area contributed by atoms with E-state index in [1.165, 1.54) is 17.5 Å². The summed E-state index contributed by atoms with van der Waals surface area (Å²) in [6, 6.07) is 57.2. The molecule has 0 unspecified atom stereocenters. The Bertz CT molecular complexity index is 3430. The molecule has 8 aromatic carbocycles. The number of benzene rings is 8. The van der Waals surface area contributed by atoms with Gasteiger partial charge in [-0.25, -0.2) is 15.0 Å². The molecule has 0 saturated heterocycles. The number of nitriles is 1. The molecule has 0 radical (unpaired) electrons. The summed E-state index contributed by atoms with van der Waals surface area (Å²) in [4.78, 5) is 15.8. The molecule has 1 aliphatic carbocycles. The molecule has 0 aliphatic heterocycles. The van der Waals surface area contributed by atoms with Gasteiger partial charge in [0.2, 0.25) is 0 Å². The minimum absolute atomic E-state index is 0.0667. The Morgan fingerprint density at radius 2 is 1.03 bits per heavy atom. The minimum atomic E-state index is 0.0667. The summed E-state index contributed by atoms with van der Waals surface area (Å²) in [5.41, 5.74) is 12.4. The molecule has 2 aromatic heterocycles. The maximum Gasteiger partial charge on any atom is 0.164 e. The van der Waals surface area contributed by atoms with E-state index in [4.69, 9.17) is 19.4 Å². The smallest absolute Gasteiger partial charge is 0.164 e. The first-order valence-corrected chi connectivity index (χ1v) is 21.0. The predicted molar refractivity (Wildman–Crippen MR) is 249 cm³/mol. The third-order valence-electron chi connectivity index (χ3n) is 13.0. The molecule has 0 saturated carbocycles. The fourth-order valence-corrected chi connectivity index (χ4v) is 9.41. The van der Waals surface area contributed by atoms with Gasteiger partial charge in [-0.05, 0) is 121 Å². The number of fused-ring (bicyclic) bond motifs is 7. The third kappa shape index (κ3) is 6.26. The van der Waals surface area contributed by atoms with E-state index in [1.807, 2.05) is 54.6 Å². The fourth-order valence-electron chi connectivity index (χ4n) is 9.41. The van der Waals surface area contributed by atoms with E-state index in [0.717, 1.165) is 88.8 Å². The lowest BCUT2D eigenvalue weighted by molar-refractivity contribution is 0.332. The predicted octanol–water partition coefficient (Wildman–Crippen LogP) is 14.6. The van der Waals surface area contributed by atoms with Crippen LogP contribution in [0.25, 0.3) is 99.9 Å². The molecule has 5 nitrogen and oxygen atoms in total. The van der Waals surface area contributed by atoms with E-state index in [9.17, 15) is 5.26 Å². The Kier molecular flexibility index (Phi) is 8.31. The Morgan fingerprint density at radius 1 is 0.459 bits per heavy atom. The molecular weight excluding hydrogens is 745 g/mol. The van der Waals surface area contributed by atoms with Gasteiger partial charge in [0.1, 0.15) is 11.2 Å². The Labute approximate surface area is 355 Å². The van der Waals surface area contributed by atoms with Gasteiger partial charge in [0.25, 0.3) is 0 Å². The first kappa shape index (κ1) is 36.6. The van der Waals surface area contributed by atoms with Crippen LogP contribution < -0.4 is 0 Å². The highest BCUT2D eigenvalue weighted by molar-refractivity contribution is 6.13. The van der Waals surface area contributed by atoms with Crippen molar-refractivity contribution in [3.05, 3.63) is 174 Å². The maximum absolute atomic E-state index is 9.38. The van der Waals surface area contributed by atoms with Crippen LogP contribution in [0.5, 0.6) is 0 Å². The lowest BCUT2D eigenvalue weighted by Gasteiger charge is -2.42. The SMILES string of the molecule is CC1(C)CCC(C)(C)c2cc(-c3cc(-c4nc(-c5ccccc5)nc(-c5ccc6ccc7ccc(-c8ccc(C#N)cc8)cc7c6c5)n4)c4c(c3)oc3ccccc34)ccc21. The second kappa shape index (κ2) is 13.8. The molecule has 1 aliphatic rings. The number of hydrogen-bond acceptors (Lipinski definition) is 5. The van der Waals surface area contributed by atoms with Crippen LogP contribution in [0.1, 0.15) is 57.2 Å². The summed E-state index contributed by atoms with van der Waals surface area (Å²) >= 11 is 0. The summed E-state index contributed by atoms with van der Waals surface area (Å²) in [6.45, 7) is 9.49. The monoisotopic (exact) mass is 786 g/mol. The molecule has 0 bridgehead atoms. The highest BCUT2D eigenvalue weighted by Crippen LogP contribution is 2.48. The van der Waals surface area contributed by atoms with Crippen molar-refractivity contribution in [1.29, 1.82) is 5.26 Å². The molecule has 0 N–H and O–H groups in total.